The molecule has 0 aromatic heterocycles. The van der Waals surface area contributed by atoms with Gasteiger partial charge >= 0.3 is 5.91 Å². The average molecular weight is 337 g/mol. The number of hydrogen-bond donors (Lipinski definition) is 2. The quantitative estimate of drug-likeness (QED) is 0.463. The van der Waals surface area contributed by atoms with Crippen molar-refractivity contribution in [3.8, 4) is 0 Å². The van der Waals surface area contributed by atoms with Crippen LogP contribution >= 0.6 is 0 Å². The van der Waals surface area contributed by atoms with Gasteiger partial charge in [0.15, 0.2) is 5.76 Å². The first-order valence-electron chi connectivity index (χ1n) is 8.49. The fourth-order valence-corrected chi connectivity index (χ4v) is 2.95. The number of fused-ring (bicyclic) bond motifs is 1. The second-order valence-corrected chi connectivity index (χ2v) is 5.96. The van der Waals surface area contributed by atoms with Gasteiger partial charge in [-0.25, -0.2) is 10.4 Å². The first kappa shape index (κ1) is 17.2. The van der Waals surface area contributed by atoms with E-state index < -0.39 is 0 Å². The molecular weight excluding hydrogens is 314 g/mol. The molecule has 0 atom stereocenters. The molecule has 2 N–H and O–H groups in total. The van der Waals surface area contributed by atoms with Crippen LogP contribution in [0.15, 0.2) is 66.9 Å². The van der Waals surface area contributed by atoms with Crippen LogP contribution in [0.4, 0.5) is 5.69 Å². The maximum Gasteiger partial charge on any atom is 0.308 e. The van der Waals surface area contributed by atoms with E-state index in [1.165, 1.54) is 16.1 Å². The van der Waals surface area contributed by atoms with Gasteiger partial charge < -0.3 is 4.74 Å². The van der Waals surface area contributed by atoms with Gasteiger partial charge in [-0.1, -0.05) is 56.0 Å². The number of benzene rings is 2. The summed E-state index contributed by atoms with van der Waals surface area (Å²) in [5.41, 5.74) is 9.12. The Morgan fingerprint density at radius 1 is 1.12 bits per heavy atom. The number of nitrogens with zero attached hydrogens (tertiary/aromatic N) is 1. The van der Waals surface area contributed by atoms with Gasteiger partial charge in [-0.3, -0.25) is 4.79 Å². The van der Waals surface area contributed by atoms with Gasteiger partial charge in [0, 0.05) is 19.4 Å². The Morgan fingerprint density at radius 3 is 2.32 bits per heavy atom. The highest BCUT2D eigenvalue weighted by Crippen LogP contribution is 2.25. The summed E-state index contributed by atoms with van der Waals surface area (Å²) >= 11 is 0. The summed E-state index contributed by atoms with van der Waals surface area (Å²) in [7, 11) is 0. The molecule has 2 aromatic carbocycles. The number of anilines is 1. The predicted molar refractivity (Wildman–Crippen MR) is 98.6 cm³/mol. The van der Waals surface area contributed by atoms with E-state index in [0.717, 1.165) is 12.8 Å². The SMILES string of the molecule is C=C(OC1Cc2ccccc2C1)C(=O)N(NNCC)c1ccccc1. The van der Waals surface area contributed by atoms with Crippen LogP contribution in [-0.4, -0.2) is 18.6 Å². The molecule has 130 valence electrons. The zero-order valence-corrected chi connectivity index (χ0v) is 14.4. The van der Waals surface area contributed by atoms with Crippen molar-refractivity contribution >= 4 is 11.6 Å². The number of rotatable bonds is 7. The fourth-order valence-electron chi connectivity index (χ4n) is 2.95. The molecule has 0 radical (unpaired) electrons. The van der Waals surface area contributed by atoms with Crippen LogP contribution in [0.2, 0.25) is 0 Å². The van der Waals surface area contributed by atoms with E-state index in [9.17, 15) is 4.79 Å². The number of carbonyl (C=O) groups excluding carboxylic acids is 1. The summed E-state index contributed by atoms with van der Waals surface area (Å²) in [6.07, 6.45) is 1.55. The second kappa shape index (κ2) is 7.96. The van der Waals surface area contributed by atoms with Gasteiger partial charge in [-0.05, 0) is 23.3 Å². The highest BCUT2D eigenvalue weighted by atomic mass is 16.5. The van der Waals surface area contributed by atoms with Crippen LogP contribution in [-0.2, 0) is 22.4 Å². The number of hydrogen-bond acceptors (Lipinski definition) is 4. The third kappa shape index (κ3) is 4.07. The summed E-state index contributed by atoms with van der Waals surface area (Å²) in [5.74, 6) is -0.185. The van der Waals surface area contributed by atoms with Gasteiger partial charge in [0.25, 0.3) is 0 Å². The Morgan fingerprint density at radius 2 is 1.72 bits per heavy atom. The van der Waals surface area contributed by atoms with Crippen molar-refractivity contribution < 1.29 is 9.53 Å². The number of carbonyl (C=O) groups is 1. The first-order valence-corrected chi connectivity index (χ1v) is 8.49. The van der Waals surface area contributed by atoms with E-state index in [1.54, 1.807) is 0 Å². The lowest BCUT2D eigenvalue weighted by Crippen LogP contribution is -2.51. The molecule has 0 heterocycles. The molecule has 2 aromatic rings. The van der Waals surface area contributed by atoms with Crippen molar-refractivity contribution in [1.82, 2.24) is 11.0 Å². The van der Waals surface area contributed by atoms with Crippen LogP contribution in [0.25, 0.3) is 0 Å². The Labute approximate surface area is 148 Å². The molecule has 0 fully saturated rings. The summed E-state index contributed by atoms with van der Waals surface area (Å²) < 4.78 is 5.88. The largest absolute Gasteiger partial charge is 0.485 e. The third-order valence-electron chi connectivity index (χ3n) is 4.15. The molecule has 0 unspecified atom stereocenters. The summed E-state index contributed by atoms with van der Waals surface area (Å²) in [6, 6.07) is 17.6. The molecule has 1 amide bonds. The molecule has 0 saturated heterocycles. The molecule has 25 heavy (non-hydrogen) atoms. The zero-order chi connectivity index (χ0) is 17.6. The molecular formula is C20H23N3O2. The van der Waals surface area contributed by atoms with Crippen molar-refractivity contribution in [1.29, 1.82) is 0 Å². The van der Waals surface area contributed by atoms with Gasteiger partial charge in [0.05, 0.1) is 5.69 Å². The lowest BCUT2D eigenvalue weighted by molar-refractivity contribution is -0.120. The Hall–Kier alpha value is -2.63. The monoisotopic (exact) mass is 337 g/mol. The first-order chi connectivity index (χ1) is 12.2. The molecule has 0 aliphatic heterocycles. The van der Waals surface area contributed by atoms with Crippen molar-refractivity contribution in [3.63, 3.8) is 0 Å². The smallest absolute Gasteiger partial charge is 0.308 e. The number of nitrogens with one attached hydrogen (secondary N) is 2. The van der Waals surface area contributed by atoms with E-state index in [1.807, 2.05) is 49.4 Å². The normalized spacial score (nSPS) is 13.3. The molecule has 5 heteroatoms. The van der Waals surface area contributed by atoms with Crippen molar-refractivity contribution in [2.45, 2.75) is 25.9 Å². The summed E-state index contributed by atoms with van der Waals surface area (Å²) in [5, 5.41) is 1.41. The molecule has 3 rings (SSSR count). The maximum absolute atomic E-state index is 12.8. The van der Waals surface area contributed by atoms with Gasteiger partial charge in [0.1, 0.15) is 6.10 Å². The molecule has 0 saturated carbocycles. The molecule has 0 spiro atoms. The van der Waals surface area contributed by atoms with Crippen LogP contribution < -0.4 is 16.0 Å². The van der Waals surface area contributed by atoms with Crippen LogP contribution in [0.5, 0.6) is 0 Å². The van der Waals surface area contributed by atoms with Crippen molar-refractivity contribution in [2.75, 3.05) is 11.6 Å². The molecule has 5 nitrogen and oxygen atoms in total. The highest BCUT2D eigenvalue weighted by Gasteiger charge is 2.26. The maximum atomic E-state index is 12.8. The third-order valence-corrected chi connectivity index (χ3v) is 4.15. The number of hydrazine groups is 2. The van der Waals surface area contributed by atoms with Crippen molar-refractivity contribution in [3.05, 3.63) is 78.1 Å². The summed E-state index contributed by atoms with van der Waals surface area (Å²) in [4.78, 5) is 12.8. The average Bonchev–Trinajstić information content (AvgIpc) is 3.05. The Kier molecular flexibility index (Phi) is 5.48. The minimum absolute atomic E-state index is 0.0504. The fraction of sp³-hybridized carbons (Fsp3) is 0.250. The Balaban J connectivity index is 1.66. The van der Waals surface area contributed by atoms with Gasteiger partial charge in [0.2, 0.25) is 0 Å². The van der Waals surface area contributed by atoms with E-state index in [0.29, 0.717) is 12.2 Å². The number of para-hydroxylation sites is 1. The molecule has 0 bridgehead atoms. The van der Waals surface area contributed by atoms with Crippen LogP contribution in [0.3, 0.4) is 0 Å². The van der Waals surface area contributed by atoms with Gasteiger partial charge in [-0.15, -0.1) is 0 Å². The van der Waals surface area contributed by atoms with Gasteiger partial charge in [-0.2, -0.15) is 5.53 Å². The van der Waals surface area contributed by atoms with E-state index in [2.05, 4.69) is 29.7 Å². The number of ether oxygens (including phenoxy) is 1. The second-order valence-electron chi connectivity index (χ2n) is 5.96. The summed E-state index contributed by atoms with van der Waals surface area (Å²) in [6.45, 7) is 6.47. The van der Waals surface area contributed by atoms with Crippen LogP contribution in [0.1, 0.15) is 18.1 Å². The highest BCUT2D eigenvalue weighted by molar-refractivity contribution is 6.03. The minimum atomic E-state index is -0.317. The van der Waals surface area contributed by atoms with E-state index in [-0.39, 0.29) is 17.8 Å². The standard InChI is InChI=1S/C20H23N3O2/c1-3-21-22-23(18-11-5-4-6-12-18)20(24)15(2)25-19-13-16-9-7-8-10-17(16)14-19/h4-12,19,21-22H,2-3,13-14H2,1H3. The number of amides is 1. The van der Waals surface area contributed by atoms with Crippen LogP contribution in [0, 0.1) is 0 Å². The lowest BCUT2D eigenvalue weighted by atomic mass is 10.1. The minimum Gasteiger partial charge on any atom is -0.485 e. The molecule has 1 aliphatic carbocycles. The molecule has 1 aliphatic rings. The predicted octanol–water partition coefficient (Wildman–Crippen LogP) is 2.75. The van der Waals surface area contributed by atoms with E-state index >= 15 is 0 Å². The Bertz CT molecular complexity index is 721. The lowest BCUT2D eigenvalue weighted by Gasteiger charge is -2.25. The van der Waals surface area contributed by atoms with Crippen molar-refractivity contribution in [2.24, 2.45) is 0 Å². The van der Waals surface area contributed by atoms with E-state index in [4.69, 9.17) is 4.74 Å². The zero-order valence-electron chi connectivity index (χ0n) is 14.4. The topological polar surface area (TPSA) is 53.6 Å².